The van der Waals surface area contributed by atoms with E-state index >= 15 is 0 Å². The predicted molar refractivity (Wildman–Crippen MR) is 98.4 cm³/mol. The van der Waals surface area contributed by atoms with Crippen molar-refractivity contribution in [1.82, 2.24) is 5.32 Å². The van der Waals surface area contributed by atoms with E-state index in [4.69, 9.17) is 10.8 Å². The molecule has 0 amide bonds. The molecule has 0 aliphatic rings. The first kappa shape index (κ1) is 17.1. The maximum Gasteiger partial charge on any atom is 0.0527 e. The Morgan fingerprint density at radius 1 is 0.739 bits per heavy atom. The first-order valence-electron chi connectivity index (χ1n) is 7.89. The summed E-state index contributed by atoms with van der Waals surface area (Å²) in [5.74, 6) is 0. The number of nitrogens with one attached hydrogen (secondary N) is 3. The summed E-state index contributed by atoms with van der Waals surface area (Å²) in [7, 11) is 0. The van der Waals surface area contributed by atoms with E-state index in [0.717, 1.165) is 22.3 Å². The Kier molecular flexibility index (Phi) is 5.45. The third-order valence-corrected chi connectivity index (χ3v) is 4.02. The smallest absolute Gasteiger partial charge is 0.0527 e. The largest absolute Gasteiger partial charge is 0.306 e. The molecule has 3 nitrogen and oxygen atoms in total. The highest BCUT2D eigenvalue weighted by atomic mass is 14.9. The number of hydrogen-bond donors (Lipinski definition) is 3. The number of rotatable bonds is 6. The van der Waals surface area contributed by atoms with Gasteiger partial charge in [0.2, 0.25) is 0 Å². The van der Waals surface area contributed by atoms with E-state index in [1.165, 1.54) is 11.1 Å². The molecule has 0 saturated carbocycles. The van der Waals surface area contributed by atoms with Crippen LogP contribution in [0.2, 0.25) is 0 Å². The van der Waals surface area contributed by atoms with Crippen molar-refractivity contribution in [3.63, 3.8) is 0 Å². The van der Waals surface area contributed by atoms with Crippen LogP contribution in [0.4, 0.5) is 0 Å². The van der Waals surface area contributed by atoms with Crippen LogP contribution >= 0.6 is 0 Å². The van der Waals surface area contributed by atoms with Crippen molar-refractivity contribution >= 4 is 11.4 Å². The Hall–Kier alpha value is -2.26. The standard InChI is InChI=1S/C20H25N3/c1-13-5-7-17(15(3)9-13)19(21)11-23-12-20(22)18-8-6-14(2)10-16(18)4/h5-10,21-23H,11-12H2,1-4H3. The van der Waals surface area contributed by atoms with Gasteiger partial charge in [-0.05, 0) is 49.9 Å². The van der Waals surface area contributed by atoms with Crippen molar-refractivity contribution in [3.05, 3.63) is 69.8 Å². The zero-order chi connectivity index (χ0) is 17.0. The molecule has 0 saturated heterocycles. The summed E-state index contributed by atoms with van der Waals surface area (Å²) in [4.78, 5) is 0. The fourth-order valence-corrected chi connectivity index (χ4v) is 2.81. The summed E-state index contributed by atoms with van der Waals surface area (Å²) in [6.45, 7) is 9.13. The van der Waals surface area contributed by atoms with E-state index < -0.39 is 0 Å². The van der Waals surface area contributed by atoms with Crippen LogP contribution in [0.1, 0.15) is 33.4 Å². The summed E-state index contributed by atoms with van der Waals surface area (Å²) in [5.41, 5.74) is 7.75. The van der Waals surface area contributed by atoms with Crippen LogP contribution in [0.5, 0.6) is 0 Å². The second-order valence-corrected chi connectivity index (χ2v) is 6.20. The quantitative estimate of drug-likeness (QED) is 0.695. The maximum absolute atomic E-state index is 8.23. The molecular formula is C20H25N3. The number of hydrogen-bond acceptors (Lipinski definition) is 3. The summed E-state index contributed by atoms with van der Waals surface area (Å²) in [6, 6.07) is 12.3. The minimum absolute atomic E-state index is 0.469. The van der Waals surface area contributed by atoms with Crippen LogP contribution < -0.4 is 5.32 Å². The van der Waals surface area contributed by atoms with Gasteiger partial charge < -0.3 is 16.1 Å². The fourth-order valence-electron chi connectivity index (χ4n) is 2.81. The molecule has 0 aromatic heterocycles. The molecule has 0 atom stereocenters. The highest BCUT2D eigenvalue weighted by molar-refractivity contribution is 6.03. The minimum Gasteiger partial charge on any atom is -0.306 e. The van der Waals surface area contributed by atoms with E-state index in [0.29, 0.717) is 24.5 Å². The van der Waals surface area contributed by atoms with Crippen molar-refractivity contribution in [3.8, 4) is 0 Å². The maximum atomic E-state index is 8.23. The van der Waals surface area contributed by atoms with Gasteiger partial charge >= 0.3 is 0 Å². The van der Waals surface area contributed by atoms with Crippen molar-refractivity contribution in [1.29, 1.82) is 10.8 Å². The minimum atomic E-state index is 0.469. The van der Waals surface area contributed by atoms with Gasteiger partial charge in [-0.3, -0.25) is 0 Å². The number of benzene rings is 2. The molecule has 2 aromatic rings. The Labute approximate surface area is 138 Å². The van der Waals surface area contributed by atoms with Crippen LogP contribution in [-0.2, 0) is 0 Å². The molecule has 0 unspecified atom stereocenters. The Morgan fingerprint density at radius 2 is 1.13 bits per heavy atom. The molecule has 3 heteroatoms. The second-order valence-electron chi connectivity index (χ2n) is 6.20. The average Bonchev–Trinajstić information content (AvgIpc) is 2.46. The zero-order valence-electron chi connectivity index (χ0n) is 14.4. The van der Waals surface area contributed by atoms with E-state index in [1.807, 2.05) is 38.1 Å². The van der Waals surface area contributed by atoms with Crippen LogP contribution in [0.3, 0.4) is 0 Å². The van der Waals surface area contributed by atoms with Crippen molar-refractivity contribution in [2.24, 2.45) is 0 Å². The van der Waals surface area contributed by atoms with E-state index in [2.05, 4.69) is 31.3 Å². The summed E-state index contributed by atoms with van der Waals surface area (Å²) < 4.78 is 0. The van der Waals surface area contributed by atoms with Crippen LogP contribution in [0, 0.1) is 38.5 Å². The molecule has 2 aromatic carbocycles. The van der Waals surface area contributed by atoms with Gasteiger partial charge in [0.1, 0.15) is 0 Å². The van der Waals surface area contributed by atoms with E-state index in [-0.39, 0.29) is 0 Å². The first-order valence-corrected chi connectivity index (χ1v) is 7.89. The van der Waals surface area contributed by atoms with Crippen LogP contribution in [0.25, 0.3) is 0 Å². The Balaban J connectivity index is 1.94. The van der Waals surface area contributed by atoms with Gasteiger partial charge in [-0.25, -0.2) is 0 Å². The van der Waals surface area contributed by atoms with E-state index in [1.54, 1.807) is 0 Å². The summed E-state index contributed by atoms with van der Waals surface area (Å²) >= 11 is 0. The first-order chi connectivity index (χ1) is 10.9. The SMILES string of the molecule is Cc1ccc(C(=N)CNCC(=N)c2ccc(C)cc2C)c(C)c1. The van der Waals surface area contributed by atoms with Crippen molar-refractivity contribution in [2.75, 3.05) is 13.1 Å². The van der Waals surface area contributed by atoms with Gasteiger partial charge in [-0.2, -0.15) is 0 Å². The lowest BCUT2D eigenvalue weighted by Crippen LogP contribution is -2.29. The molecule has 2 rings (SSSR count). The van der Waals surface area contributed by atoms with E-state index in [9.17, 15) is 0 Å². The van der Waals surface area contributed by atoms with Gasteiger partial charge in [-0.15, -0.1) is 0 Å². The number of aryl methyl sites for hydroxylation is 4. The van der Waals surface area contributed by atoms with Gasteiger partial charge in [0.25, 0.3) is 0 Å². The summed E-state index contributed by atoms with van der Waals surface area (Å²) in [6.07, 6.45) is 0. The molecule has 0 heterocycles. The van der Waals surface area contributed by atoms with Gasteiger partial charge in [0, 0.05) is 13.1 Å². The average molecular weight is 307 g/mol. The second kappa shape index (κ2) is 7.34. The Morgan fingerprint density at radius 3 is 1.48 bits per heavy atom. The topological polar surface area (TPSA) is 59.7 Å². The predicted octanol–water partition coefficient (Wildman–Crippen LogP) is 3.95. The third-order valence-electron chi connectivity index (χ3n) is 4.02. The third kappa shape index (κ3) is 4.36. The molecule has 0 radical (unpaired) electrons. The molecule has 0 aliphatic heterocycles. The van der Waals surface area contributed by atoms with Crippen molar-refractivity contribution < 1.29 is 0 Å². The fraction of sp³-hybridized carbons (Fsp3) is 0.300. The molecule has 120 valence electrons. The van der Waals surface area contributed by atoms with Gasteiger partial charge in [-0.1, -0.05) is 47.5 Å². The van der Waals surface area contributed by atoms with Gasteiger partial charge in [0.05, 0.1) is 11.4 Å². The zero-order valence-corrected chi connectivity index (χ0v) is 14.4. The molecule has 0 bridgehead atoms. The highest BCUT2D eigenvalue weighted by Crippen LogP contribution is 2.12. The lowest BCUT2D eigenvalue weighted by atomic mass is 10.0. The van der Waals surface area contributed by atoms with Crippen LogP contribution in [0.15, 0.2) is 36.4 Å². The molecule has 0 fully saturated rings. The summed E-state index contributed by atoms with van der Waals surface area (Å²) in [5, 5.41) is 19.7. The molecule has 3 N–H and O–H groups in total. The molecule has 0 aliphatic carbocycles. The monoisotopic (exact) mass is 307 g/mol. The van der Waals surface area contributed by atoms with Crippen molar-refractivity contribution in [2.45, 2.75) is 27.7 Å². The Bertz CT molecular complexity index is 681. The van der Waals surface area contributed by atoms with Crippen LogP contribution in [-0.4, -0.2) is 24.5 Å². The lowest BCUT2D eigenvalue weighted by Gasteiger charge is -2.12. The van der Waals surface area contributed by atoms with Gasteiger partial charge in [0.15, 0.2) is 0 Å². The highest BCUT2D eigenvalue weighted by Gasteiger charge is 2.08. The normalized spacial score (nSPS) is 10.6. The molecular weight excluding hydrogens is 282 g/mol. The lowest BCUT2D eigenvalue weighted by molar-refractivity contribution is 0.879. The molecule has 23 heavy (non-hydrogen) atoms. The molecule has 0 spiro atoms.